The maximum absolute atomic E-state index is 11.8. The lowest BCUT2D eigenvalue weighted by atomic mass is 10.3. The van der Waals surface area contributed by atoms with Crippen LogP contribution >= 0.6 is 11.6 Å². The van der Waals surface area contributed by atoms with E-state index in [0.29, 0.717) is 16.5 Å². The first-order chi connectivity index (χ1) is 8.82. The Morgan fingerprint density at radius 1 is 1.47 bits per heavy atom. The number of nitrogens with two attached hydrogens (primary N) is 1. The predicted octanol–water partition coefficient (Wildman–Crippen LogP) is 0.742. The number of carbonyl (C=O) groups is 1. The van der Waals surface area contributed by atoms with Crippen LogP contribution in [0, 0.1) is 0 Å². The van der Waals surface area contributed by atoms with E-state index in [0.717, 1.165) is 0 Å². The van der Waals surface area contributed by atoms with Crippen molar-refractivity contribution in [3.8, 4) is 5.75 Å². The number of primary sulfonamides is 1. The maximum atomic E-state index is 11.8. The highest BCUT2D eigenvalue weighted by atomic mass is 35.5. The highest BCUT2D eigenvalue weighted by molar-refractivity contribution is 7.89. The minimum absolute atomic E-state index is 0.0420. The van der Waals surface area contributed by atoms with Crippen molar-refractivity contribution in [1.82, 2.24) is 0 Å². The van der Waals surface area contributed by atoms with Crippen molar-refractivity contribution in [2.75, 3.05) is 18.6 Å². The number of sulfonamides is 1. The van der Waals surface area contributed by atoms with Crippen LogP contribution in [0.3, 0.4) is 0 Å². The average Bonchev–Trinajstić information content (AvgIpc) is 2.71. The molecule has 0 aliphatic carbocycles. The van der Waals surface area contributed by atoms with Gasteiger partial charge in [-0.25, -0.2) is 13.6 Å². The zero-order valence-corrected chi connectivity index (χ0v) is 11.7. The standard InChI is InChI=1S/C11H13ClN2O4S/c1-18-10-3-2-7(4-9(10)12)14-6-8(5-11(14)15)19(13,16)17/h2-4,8H,5-6H2,1H3,(H2,13,16,17). The Hall–Kier alpha value is -1.31. The number of benzene rings is 1. The SMILES string of the molecule is COc1ccc(N2CC(S(N)(=O)=O)CC2=O)cc1Cl. The van der Waals surface area contributed by atoms with Gasteiger partial charge in [-0.2, -0.15) is 0 Å². The number of carbonyl (C=O) groups excluding carboxylic acids is 1. The molecule has 19 heavy (non-hydrogen) atoms. The van der Waals surface area contributed by atoms with Crippen molar-refractivity contribution in [3.05, 3.63) is 23.2 Å². The van der Waals surface area contributed by atoms with E-state index >= 15 is 0 Å². The topological polar surface area (TPSA) is 89.7 Å². The van der Waals surface area contributed by atoms with E-state index in [-0.39, 0.29) is 18.9 Å². The molecule has 1 amide bonds. The molecule has 6 nitrogen and oxygen atoms in total. The lowest BCUT2D eigenvalue weighted by Crippen LogP contribution is -2.32. The summed E-state index contributed by atoms with van der Waals surface area (Å²) in [5, 5.41) is 4.55. The average molecular weight is 305 g/mol. The minimum atomic E-state index is -3.72. The number of methoxy groups -OCH3 is 1. The summed E-state index contributed by atoms with van der Waals surface area (Å²) >= 11 is 5.98. The van der Waals surface area contributed by atoms with Gasteiger partial charge in [-0.1, -0.05) is 11.6 Å². The van der Waals surface area contributed by atoms with Crippen molar-refractivity contribution in [3.63, 3.8) is 0 Å². The fourth-order valence-corrected chi connectivity index (χ4v) is 2.95. The molecule has 0 saturated carbocycles. The van der Waals surface area contributed by atoms with Crippen molar-refractivity contribution >= 4 is 33.2 Å². The van der Waals surface area contributed by atoms with Crippen molar-refractivity contribution in [1.29, 1.82) is 0 Å². The van der Waals surface area contributed by atoms with E-state index in [4.69, 9.17) is 21.5 Å². The Morgan fingerprint density at radius 2 is 2.16 bits per heavy atom. The number of hydrogen-bond acceptors (Lipinski definition) is 4. The smallest absolute Gasteiger partial charge is 0.228 e. The van der Waals surface area contributed by atoms with Crippen molar-refractivity contribution in [2.24, 2.45) is 5.14 Å². The van der Waals surface area contributed by atoms with Crippen LogP contribution in [0.1, 0.15) is 6.42 Å². The first-order valence-corrected chi connectivity index (χ1v) is 7.47. The molecule has 1 atom stereocenters. The third kappa shape index (κ3) is 2.83. The highest BCUT2D eigenvalue weighted by Crippen LogP contribution is 2.31. The van der Waals surface area contributed by atoms with Gasteiger partial charge in [-0.05, 0) is 18.2 Å². The molecular weight excluding hydrogens is 292 g/mol. The molecule has 2 rings (SSSR count). The number of nitrogens with zero attached hydrogens (tertiary/aromatic N) is 1. The number of hydrogen-bond donors (Lipinski definition) is 1. The molecule has 0 aromatic heterocycles. The Kier molecular flexibility index (Phi) is 3.71. The number of halogens is 1. The molecule has 1 unspecified atom stereocenters. The number of rotatable bonds is 3. The molecule has 1 fully saturated rings. The van der Waals surface area contributed by atoms with Crippen molar-refractivity contribution < 1.29 is 17.9 Å². The molecule has 1 heterocycles. The summed E-state index contributed by atoms with van der Waals surface area (Å²) in [5.74, 6) is 0.195. The second-order valence-electron chi connectivity index (χ2n) is 4.24. The largest absolute Gasteiger partial charge is 0.495 e. The monoisotopic (exact) mass is 304 g/mol. The first kappa shape index (κ1) is 14.1. The summed E-state index contributed by atoms with van der Waals surface area (Å²) in [6, 6.07) is 4.83. The van der Waals surface area contributed by atoms with Crippen LogP contribution in [-0.4, -0.2) is 33.2 Å². The van der Waals surface area contributed by atoms with E-state index in [9.17, 15) is 13.2 Å². The van der Waals surface area contributed by atoms with Gasteiger partial charge in [-0.15, -0.1) is 0 Å². The third-order valence-electron chi connectivity index (χ3n) is 3.00. The van der Waals surface area contributed by atoms with E-state index in [1.165, 1.54) is 12.0 Å². The van der Waals surface area contributed by atoms with Gasteiger partial charge in [0.05, 0.1) is 12.1 Å². The molecule has 1 aliphatic rings. The summed E-state index contributed by atoms with van der Waals surface area (Å²) in [4.78, 5) is 13.2. The molecular formula is C11H13ClN2O4S. The van der Waals surface area contributed by atoms with Gasteiger partial charge in [0.2, 0.25) is 15.9 Å². The molecule has 0 spiro atoms. The zero-order chi connectivity index (χ0) is 14.2. The Morgan fingerprint density at radius 3 is 2.63 bits per heavy atom. The summed E-state index contributed by atoms with van der Waals surface area (Å²) in [7, 11) is -2.23. The Bertz CT molecular complexity index is 617. The first-order valence-electron chi connectivity index (χ1n) is 5.48. The van der Waals surface area contributed by atoms with E-state index in [1.54, 1.807) is 18.2 Å². The van der Waals surface area contributed by atoms with Gasteiger partial charge in [0.1, 0.15) is 11.0 Å². The van der Waals surface area contributed by atoms with Crippen LogP contribution in [0.25, 0.3) is 0 Å². The normalized spacial score (nSPS) is 19.8. The zero-order valence-electron chi connectivity index (χ0n) is 10.2. The quantitative estimate of drug-likeness (QED) is 0.892. The van der Waals surface area contributed by atoms with Gasteiger partial charge in [-0.3, -0.25) is 4.79 Å². The van der Waals surface area contributed by atoms with Crippen molar-refractivity contribution in [2.45, 2.75) is 11.7 Å². The van der Waals surface area contributed by atoms with Gasteiger partial charge in [0, 0.05) is 18.7 Å². The minimum Gasteiger partial charge on any atom is -0.495 e. The van der Waals surface area contributed by atoms with E-state index in [2.05, 4.69) is 0 Å². The van der Waals surface area contributed by atoms with E-state index in [1.807, 2.05) is 0 Å². The number of anilines is 1. The fourth-order valence-electron chi connectivity index (χ4n) is 1.97. The summed E-state index contributed by atoms with van der Waals surface area (Å²) in [6.07, 6.45) is -0.109. The predicted molar refractivity (Wildman–Crippen MR) is 71.9 cm³/mol. The second-order valence-corrected chi connectivity index (χ2v) is 6.49. The molecule has 1 saturated heterocycles. The molecule has 104 valence electrons. The van der Waals surface area contributed by atoms with Crippen LogP contribution in [0.15, 0.2) is 18.2 Å². The van der Waals surface area contributed by atoms with Gasteiger partial charge >= 0.3 is 0 Å². The van der Waals surface area contributed by atoms with E-state index < -0.39 is 15.3 Å². The molecule has 0 radical (unpaired) electrons. The van der Waals surface area contributed by atoms with Crippen LogP contribution in [0.5, 0.6) is 5.75 Å². The number of ether oxygens (including phenoxy) is 1. The second kappa shape index (κ2) is 4.99. The molecule has 1 aromatic carbocycles. The van der Waals surface area contributed by atoms with Gasteiger partial charge < -0.3 is 9.64 Å². The summed E-state index contributed by atoms with van der Waals surface area (Å²) in [5.41, 5.74) is 0.530. The third-order valence-corrected chi connectivity index (χ3v) is 4.54. The summed E-state index contributed by atoms with van der Waals surface area (Å²) < 4.78 is 27.6. The molecule has 0 bridgehead atoms. The molecule has 2 N–H and O–H groups in total. The molecule has 1 aromatic rings. The van der Waals surface area contributed by atoms with Crippen LogP contribution in [0.4, 0.5) is 5.69 Å². The lowest BCUT2D eigenvalue weighted by molar-refractivity contribution is -0.117. The van der Waals surface area contributed by atoms with Crippen LogP contribution < -0.4 is 14.8 Å². The molecule has 8 heteroatoms. The summed E-state index contributed by atoms with van der Waals surface area (Å²) in [6.45, 7) is 0.0420. The lowest BCUT2D eigenvalue weighted by Gasteiger charge is -2.17. The highest BCUT2D eigenvalue weighted by Gasteiger charge is 2.37. The molecule has 1 aliphatic heterocycles. The van der Waals surface area contributed by atoms with Crippen LogP contribution in [-0.2, 0) is 14.8 Å². The fraction of sp³-hybridized carbons (Fsp3) is 0.364. The van der Waals surface area contributed by atoms with Gasteiger partial charge in [0.15, 0.2) is 0 Å². The Labute approximate surface area is 116 Å². The Balaban J connectivity index is 2.28. The van der Waals surface area contributed by atoms with Gasteiger partial charge in [0.25, 0.3) is 0 Å². The number of amides is 1. The maximum Gasteiger partial charge on any atom is 0.228 e. The van der Waals surface area contributed by atoms with Crippen LogP contribution in [0.2, 0.25) is 5.02 Å².